The lowest BCUT2D eigenvalue weighted by atomic mass is 9.46. The van der Waals surface area contributed by atoms with Crippen LogP contribution in [0.3, 0.4) is 0 Å². The first-order valence-corrected chi connectivity index (χ1v) is 12.4. The standard InChI is InChI=1S/C26H39N3O/c1-4-5-24(30)28-15-11-19-6-7-20-21-8-9-23(29-17-14-27-18-29)26(21,3)12-10-22(20)25(19,2)13-16-28/h9,14,17-22H,4-8,10-13,15-16H2,1-3H3. The predicted molar refractivity (Wildman–Crippen MR) is 120 cm³/mol. The monoisotopic (exact) mass is 409 g/mol. The van der Waals surface area contributed by atoms with Crippen molar-refractivity contribution < 1.29 is 4.79 Å². The summed E-state index contributed by atoms with van der Waals surface area (Å²) in [7, 11) is 0. The number of imidazole rings is 1. The highest BCUT2D eigenvalue weighted by Gasteiger charge is 2.58. The van der Waals surface area contributed by atoms with Crippen LogP contribution in [-0.2, 0) is 4.79 Å². The topological polar surface area (TPSA) is 38.1 Å². The molecule has 4 heteroatoms. The fraction of sp³-hybridized carbons (Fsp3) is 0.769. The van der Waals surface area contributed by atoms with Gasteiger partial charge in [0.15, 0.2) is 0 Å². The molecular formula is C26H39N3O. The number of carbonyl (C=O) groups is 1. The largest absolute Gasteiger partial charge is 0.343 e. The third-order valence-electron chi connectivity index (χ3n) is 9.87. The van der Waals surface area contributed by atoms with Crippen molar-refractivity contribution in [3.05, 3.63) is 24.8 Å². The van der Waals surface area contributed by atoms with Crippen molar-refractivity contribution in [2.75, 3.05) is 13.1 Å². The van der Waals surface area contributed by atoms with E-state index in [1.54, 1.807) is 0 Å². The molecule has 3 fully saturated rings. The van der Waals surface area contributed by atoms with E-state index in [4.69, 9.17) is 0 Å². The van der Waals surface area contributed by atoms with Crippen LogP contribution in [0.4, 0.5) is 0 Å². The van der Waals surface area contributed by atoms with Crippen LogP contribution in [0.2, 0.25) is 0 Å². The molecule has 30 heavy (non-hydrogen) atoms. The molecule has 1 saturated heterocycles. The van der Waals surface area contributed by atoms with Gasteiger partial charge in [0.1, 0.15) is 0 Å². The highest BCUT2D eigenvalue weighted by molar-refractivity contribution is 5.76. The molecule has 2 saturated carbocycles. The van der Waals surface area contributed by atoms with Crippen LogP contribution in [0.1, 0.15) is 78.6 Å². The molecule has 1 amide bonds. The first-order chi connectivity index (χ1) is 14.5. The first-order valence-electron chi connectivity index (χ1n) is 12.4. The Kier molecular flexibility index (Phi) is 5.10. The quantitative estimate of drug-likeness (QED) is 0.650. The minimum atomic E-state index is 0.291. The highest BCUT2D eigenvalue weighted by atomic mass is 16.2. The summed E-state index contributed by atoms with van der Waals surface area (Å²) in [6.07, 6.45) is 19.3. The zero-order valence-electron chi connectivity index (χ0n) is 19.1. The maximum Gasteiger partial charge on any atom is 0.222 e. The second-order valence-corrected chi connectivity index (χ2v) is 11.1. The molecule has 3 aliphatic carbocycles. The molecule has 2 heterocycles. The fourth-order valence-electron chi connectivity index (χ4n) is 8.17. The average Bonchev–Trinajstić information content (AvgIpc) is 3.32. The van der Waals surface area contributed by atoms with Crippen LogP contribution in [0, 0.1) is 34.5 Å². The van der Waals surface area contributed by atoms with Gasteiger partial charge in [-0.2, -0.15) is 0 Å². The van der Waals surface area contributed by atoms with Crippen LogP contribution < -0.4 is 0 Å². The Labute approximate surface area is 182 Å². The first kappa shape index (κ1) is 20.3. The number of hydrogen-bond acceptors (Lipinski definition) is 2. The Bertz CT molecular complexity index is 814. The molecule has 164 valence electrons. The van der Waals surface area contributed by atoms with E-state index in [1.807, 2.05) is 12.5 Å². The van der Waals surface area contributed by atoms with Crippen molar-refractivity contribution in [1.29, 1.82) is 0 Å². The van der Waals surface area contributed by atoms with Gasteiger partial charge in [0.2, 0.25) is 5.91 Å². The van der Waals surface area contributed by atoms with Crippen LogP contribution in [-0.4, -0.2) is 33.4 Å². The van der Waals surface area contributed by atoms with E-state index < -0.39 is 0 Å². The highest BCUT2D eigenvalue weighted by Crippen LogP contribution is 2.66. The van der Waals surface area contributed by atoms with Gasteiger partial charge in [-0.15, -0.1) is 0 Å². The van der Waals surface area contributed by atoms with Crippen molar-refractivity contribution in [3.8, 4) is 0 Å². The summed E-state index contributed by atoms with van der Waals surface area (Å²) >= 11 is 0. The molecular weight excluding hydrogens is 370 g/mol. The van der Waals surface area contributed by atoms with Crippen molar-refractivity contribution in [1.82, 2.24) is 14.5 Å². The number of fused-ring (bicyclic) bond motifs is 5. The molecule has 0 spiro atoms. The molecule has 4 nitrogen and oxygen atoms in total. The third-order valence-corrected chi connectivity index (χ3v) is 9.87. The molecule has 6 unspecified atom stereocenters. The summed E-state index contributed by atoms with van der Waals surface area (Å²) in [6, 6.07) is 0. The summed E-state index contributed by atoms with van der Waals surface area (Å²) in [6.45, 7) is 9.22. The van der Waals surface area contributed by atoms with Crippen LogP contribution in [0.5, 0.6) is 0 Å². The predicted octanol–water partition coefficient (Wildman–Crippen LogP) is 5.62. The van der Waals surface area contributed by atoms with Gasteiger partial charge in [0.05, 0.1) is 6.33 Å². The molecule has 0 N–H and O–H groups in total. The number of aromatic nitrogens is 2. The van der Waals surface area contributed by atoms with Gasteiger partial charge in [0, 0.05) is 43.0 Å². The van der Waals surface area contributed by atoms with E-state index in [0.29, 0.717) is 16.7 Å². The summed E-state index contributed by atoms with van der Waals surface area (Å²) in [5, 5.41) is 0. The van der Waals surface area contributed by atoms with E-state index in [1.165, 1.54) is 50.6 Å². The molecule has 0 radical (unpaired) electrons. The molecule has 0 aromatic carbocycles. The van der Waals surface area contributed by atoms with E-state index >= 15 is 0 Å². The summed E-state index contributed by atoms with van der Waals surface area (Å²) in [4.78, 5) is 19.1. The lowest BCUT2D eigenvalue weighted by Crippen LogP contribution is -2.51. The van der Waals surface area contributed by atoms with Crippen molar-refractivity contribution in [2.45, 2.75) is 78.6 Å². The molecule has 0 bridgehead atoms. The molecule has 1 aromatic heterocycles. The lowest BCUT2D eigenvalue weighted by Gasteiger charge is -2.58. The number of likely N-dealkylation sites (tertiary alicyclic amines) is 1. The number of amides is 1. The number of nitrogens with zero attached hydrogens (tertiary/aromatic N) is 3. The number of carbonyl (C=O) groups excluding carboxylic acids is 1. The molecule has 1 aromatic rings. The van der Waals surface area contributed by atoms with Gasteiger partial charge in [-0.3, -0.25) is 4.79 Å². The molecule has 6 atom stereocenters. The van der Waals surface area contributed by atoms with Crippen LogP contribution in [0.25, 0.3) is 5.70 Å². The molecule has 5 rings (SSSR count). The Hall–Kier alpha value is -1.58. The minimum Gasteiger partial charge on any atom is -0.343 e. The van der Waals surface area contributed by atoms with Gasteiger partial charge in [-0.1, -0.05) is 26.8 Å². The Morgan fingerprint density at radius 1 is 1.13 bits per heavy atom. The Morgan fingerprint density at radius 2 is 2.00 bits per heavy atom. The van der Waals surface area contributed by atoms with Gasteiger partial charge in [0.25, 0.3) is 0 Å². The molecule has 1 aliphatic heterocycles. The van der Waals surface area contributed by atoms with E-state index in [2.05, 4.69) is 47.5 Å². The van der Waals surface area contributed by atoms with E-state index in [-0.39, 0.29) is 0 Å². The summed E-state index contributed by atoms with van der Waals surface area (Å²) in [5.41, 5.74) is 2.19. The summed E-state index contributed by atoms with van der Waals surface area (Å²) in [5.74, 6) is 3.61. The van der Waals surface area contributed by atoms with Crippen molar-refractivity contribution in [2.24, 2.45) is 34.5 Å². The second-order valence-electron chi connectivity index (χ2n) is 11.1. The van der Waals surface area contributed by atoms with Gasteiger partial charge in [-0.05, 0) is 80.5 Å². The number of allylic oxidation sites excluding steroid dienone is 2. The average molecular weight is 410 g/mol. The van der Waals surface area contributed by atoms with Gasteiger partial charge < -0.3 is 9.47 Å². The Morgan fingerprint density at radius 3 is 2.77 bits per heavy atom. The zero-order chi connectivity index (χ0) is 20.9. The SMILES string of the molecule is CCCC(=O)N1CCC2CCC3C4CC=C(n5ccnc5)C4(C)CCC3C2(C)CC1. The van der Waals surface area contributed by atoms with Crippen LogP contribution >= 0.6 is 0 Å². The third kappa shape index (κ3) is 3.00. The fourth-order valence-corrected chi connectivity index (χ4v) is 8.17. The number of hydrogen-bond donors (Lipinski definition) is 0. The van der Waals surface area contributed by atoms with Crippen molar-refractivity contribution in [3.63, 3.8) is 0 Å². The maximum absolute atomic E-state index is 12.6. The lowest BCUT2D eigenvalue weighted by molar-refractivity contribution is -0.131. The Balaban J connectivity index is 1.37. The van der Waals surface area contributed by atoms with Crippen molar-refractivity contribution >= 4 is 11.6 Å². The second kappa shape index (κ2) is 7.53. The van der Waals surface area contributed by atoms with E-state index in [9.17, 15) is 4.79 Å². The molecule has 4 aliphatic rings. The maximum atomic E-state index is 12.6. The normalized spacial score (nSPS) is 40.8. The summed E-state index contributed by atoms with van der Waals surface area (Å²) < 4.78 is 2.27. The van der Waals surface area contributed by atoms with E-state index in [0.717, 1.165) is 49.6 Å². The minimum absolute atomic E-state index is 0.291. The van der Waals surface area contributed by atoms with Gasteiger partial charge >= 0.3 is 0 Å². The zero-order valence-corrected chi connectivity index (χ0v) is 19.1. The smallest absolute Gasteiger partial charge is 0.222 e. The number of rotatable bonds is 3. The van der Waals surface area contributed by atoms with Gasteiger partial charge in [-0.25, -0.2) is 4.98 Å². The van der Waals surface area contributed by atoms with Crippen LogP contribution in [0.15, 0.2) is 24.8 Å².